The van der Waals surface area contributed by atoms with E-state index in [0.717, 1.165) is 4.90 Å². The monoisotopic (exact) mass is 294 g/mol. The first-order chi connectivity index (χ1) is 9.03. The molecule has 0 spiro atoms. The van der Waals surface area contributed by atoms with Crippen LogP contribution in [0.4, 0.5) is 13.2 Å². The highest BCUT2D eigenvalue weighted by molar-refractivity contribution is 5.99. The third kappa shape index (κ3) is 3.24. The highest BCUT2D eigenvalue weighted by Gasteiger charge is 2.49. The minimum atomic E-state index is -4.35. The van der Waals surface area contributed by atoms with Crippen molar-refractivity contribution in [3.63, 3.8) is 0 Å². The van der Waals surface area contributed by atoms with Crippen LogP contribution in [0.15, 0.2) is 0 Å². The average Bonchev–Trinajstić information content (AvgIpc) is 2.31. The Labute approximate surface area is 116 Å². The minimum Gasteiger partial charge on any atom is -0.342 e. The summed E-state index contributed by atoms with van der Waals surface area (Å²) in [5, 5.41) is 2.62. The molecule has 4 nitrogen and oxygen atoms in total. The first-order valence-corrected chi connectivity index (χ1v) is 6.72. The number of halogens is 3. The van der Waals surface area contributed by atoms with Crippen LogP contribution in [-0.4, -0.2) is 41.0 Å². The predicted molar refractivity (Wildman–Crippen MR) is 67.8 cm³/mol. The average molecular weight is 294 g/mol. The molecule has 20 heavy (non-hydrogen) atoms. The van der Waals surface area contributed by atoms with Crippen LogP contribution in [0, 0.1) is 5.92 Å². The van der Waals surface area contributed by atoms with Gasteiger partial charge in [0, 0.05) is 6.54 Å². The van der Waals surface area contributed by atoms with E-state index in [1.54, 1.807) is 20.8 Å². The van der Waals surface area contributed by atoms with Gasteiger partial charge in [-0.05, 0) is 19.3 Å². The van der Waals surface area contributed by atoms with E-state index in [2.05, 4.69) is 5.32 Å². The van der Waals surface area contributed by atoms with Gasteiger partial charge in [0.1, 0.15) is 11.6 Å². The first-order valence-electron chi connectivity index (χ1n) is 6.72. The van der Waals surface area contributed by atoms with E-state index in [-0.39, 0.29) is 18.2 Å². The highest BCUT2D eigenvalue weighted by atomic mass is 19.4. The smallest absolute Gasteiger partial charge is 0.342 e. The first kappa shape index (κ1) is 16.8. The molecule has 1 N–H and O–H groups in total. The number of amides is 2. The van der Waals surface area contributed by atoms with Crippen molar-refractivity contribution in [2.24, 2.45) is 5.92 Å². The summed E-state index contributed by atoms with van der Waals surface area (Å²) in [4.78, 5) is 25.6. The van der Waals surface area contributed by atoms with Gasteiger partial charge in [-0.2, -0.15) is 13.2 Å². The number of nitrogens with zero attached hydrogens (tertiary/aromatic N) is 1. The molecule has 116 valence electrons. The molecule has 0 aliphatic carbocycles. The zero-order valence-electron chi connectivity index (χ0n) is 12.2. The number of carbonyl (C=O) groups is 2. The van der Waals surface area contributed by atoms with Crippen LogP contribution in [0.2, 0.25) is 0 Å². The van der Waals surface area contributed by atoms with E-state index < -0.39 is 36.6 Å². The van der Waals surface area contributed by atoms with Crippen LogP contribution >= 0.6 is 0 Å². The minimum absolute atomic E-state index is 0.166. The Kier molecular flexibility index (Phi) is 4.71. The number of rotatable bonds is 4. The van der Waals surface area contributed by atoms with Crippen LogP contribution < -0.4 is 5.32 Å². The Morgan fingerprint density at radius 3 is 2.30 bits per heavy atom. The molecule has 0 radical (unpaired) electrons. The van der Waals surface area contributed by atoms with Gasteiger partial charge in [0.05, 0.1) is 6.42 Å². The number of nitrogens with one attached hydrogen (secondary N) is 1. The molecule has 1 aliphatic rings. The molecule has 0 aromatic rings. The van der Waals surface area contributed by atoms with Gasteiger partial charge in [-0.3, -0.25) is 9.59 Å². The molecule has 1 aliphatic heterocycles. The zero-order chi connectivity index (χ0) is 15.7. The summed E-state index contributed by atoms with van der Waals surface area (Å²) >= 11 is 0. The normalized spacial score (nSPS) is 28.0. The van der Waals surface area contributed by atoms with Crippen molar-refractivity contribution in [1.82, 2.24) is 10.2 Å². The number of piperazine rings is 1. The van der Waals surface area contributed by atoms with Crippen molar-refractivity contribution in [3.05, 3.63) is 0 Å². The summed E-state index contributed by atoms with van der Waals surface area (Å²) in [6, 6.07) is -0.754. The Morgan fingerprint density at radius 1 is 1.35 bits per heavy atom. The molecule has 0 aromatic carbocycles. The lowest BCUT2D eigenvalue weighted by Crippen LogP contribution is -2.70. The largest absolute Gasteiger partial charge is 0.390 e. The van der Waals surface area contributed by atoms with Crippen LogP contribution in [0.3, 0.4) is 0 Å². The molecular formula is C13H21F3N2O2. The van der Waals surface area contributed by atoms with Crippen LogP contribution in [0.5, 0.6) is 0 Å². The zero-order valence-corrected chi connectivity index (χ0v) is 12.2. The van der Waals surface area contributed by atoms with E-state index >= 15 is 0 Å². The molecular weight excluding hydrogens is 273 g/mol. The molecule has 2 atom stereocenters. The summed E-state index contributed by atoms with van der Waals surface area (Å²) in [5.74, 6) is -0.991. The maximum Gasteiger partial charge on any atom is 0.390 e. The lowest BCUT2D eigenvalue weighted by atomic mass is 9.87. The van der Waals surface area contributed by atoms with Crippen molar-refractivity contribution in [1.29, 1.82) is 0 Å². The lowest BCUT2D eigenvalue weighted by molar-refractivity contribution is -0.166. The summed E-state index contributed by atoms with van der Waals surface area (Å²) in [7, 11) is 0. The van der Waals surface area contributed by atoms with E-state index in [1.807, 2.05) is 0 Å². The SMILES string of the molecule is CCC1(C)C(=O)NC(C(C)C)C(=O)N1CCC(F)(F)F. The van der Waals surface area contributed by atoms with Gasteiger partial charge in [0.25, 0.3) is 0 Å². The Balaban J connectivity index is 3.03. The van der Waals surface area contributed by atoms with Crippen LogP contribution in [-0.2, 0) is 9.59 Å². The van der Waals surface area contributed by atoms with Gasteiger partial charge in [-0.1, -0.05) is 20.8 Å². The number of carbonyl (C=O) groups excluding carboxylic acids is 2. The second-order valence-corrected chi connectivity index (χ2v) is 5.68. The Hall–Kier alpha value is -1.27. The Morgan fingerprint density at radius 2 is 1.90 bits per heavy atom. The highest BCUT2D eigenvalue weighted by Crippen LogP contribution is 2.29. The van der Waals surface area contributed by atoms with E-state index in [4.69, 9.17) is 0 Å². The number of hydrogen-bond donors (Lipinski definition) is 1. The third-order valence-corrected chi connectivity index (χ3v) is 3.88. The fourth-order valence-electron chi connectivity index (χ4n) is 2.29. The lowest BCUT2D eigenvalue weighted by Gasteiger charge is -2.47. The second-order valence-electron chi connectivity index (χ2n) is 5.68. The van der Waals surface area contributed by atoms with Gasteiger partial charge in [0.15, 0.2) is 0 Å². The van der Waals surface area contributed by atoms with Crippen molar-refractivity contribution in [2.75, 3.05) is 6.54 Å². The van der Waals surface area contributed by atoms with Crippen molar-refractivity contribution in [3.8, 4) is 0 Å². The molecule has 1 fully saturated rings. The van der Waals surface area contributed by atoms with Crippen molar-refractivity contribution in [2.45, 2.75) is 58.3 Å². The molecule has 0 aromatic heterocycles. The van der Waals surface area contributed by atoms with E-state index in [0.29, 0.717) is 0 Å². The van der Waals surface area contributed by atoms with Crippen LogP contribution in [0.25, 0.3) is 0 Å². The molecule has 2 unspecified atom stereocenters. The molecule has 1 rings (SSSR count). The van der Waals surface area contributed by atoms with E-state index in [9.17, 15) is 22.8 Å². The van der Waals surface area contributed by atoms with Gasteiger partial charge >= 0.3 is 6.18 Å². The molecule has 1 saturated heterocycles. The topological polar surface area (TPSA) is 49.4 Å². The Bertz CT molecular complexity index is 396. The molecule has 1 heterocycles. The summed E-state index contributed by atoms with van der Waals surface area (Å²) in [6.45, 7) is 6.21. The number of alkyl halides is 3. The molecule has 0 bridgehead atoms. The van der Waals surface area contributed by atoms with Crippen LogP contribution in [0.1, 0.15) is 40.5 Å². The maximum absolute atomic E-state index is 12.4. The van der Waals surface area contributed by atoms with Gasteiger partial charge < -0.3 is 10.2 Å². The van der Waals surface area contributed by atoms with Gasteiger partial charge in [-0.15, -0.1) is 0 Å². The van der Waals surface area contributed by atoms with Gasteiger partial charge in [0.2, 0.25) is 11.8 Å². The fraction of sp³-hybridized carbons (Fsp3) is 0.846. The molecule has 2 amide bonds. The van der Waals surface area contributed by atoms with Gasteiger partial charge in [-0.25, -0.2) is 0 Å². The quantitative estimate of drug-likeness (QED) is 0.863. The number of hydrogen-bond acceptors (Lipinski definition) is 2. The summed E-state index contributed by atoms with van der Waals surface area (Å²) in [5.41, 5.74) is -1.21. The molecule has 7 heteroatoms. The summed E-state index contributed by atoms with van der Waals surface area (Å²) in [6.07, 6.45) is -5.18. The summed E-state index contributed by atoms with van der Waals surface area (Å²) < 4.78 is 37.2. The second kappa shape index (κ2) is 5.61. The third-order valence-electron chi connectivity index (χ3n) is 3.88. The maximum atomic E-state index is 12.4. The standard InChI is InChI=1S/C13H21F3N2O2/c1-5-12(4)11(20)17-9(8(2)3)10(19)18(12)7-6-13(14,15)16/h8-9H,5-7H2,1-4H3,(H,17,20). The fourth-order valence-corrected chi connectivity index (χ4v) is 2.29. The van der Waals surface area contributed by atoms with Crippen molar-refractivity contribution < 1.29 is 22.8 Å². The van der Waals surface area contributed by atoms with Crippen molar-refractivity contribution >= 4 is 11.8 Å². The predicted octanol–water partition coefficient (Wildman–Crippen LogP) is 2.09. The molecule has 0 saturated carbocycles. The van der Waals surface area contributed by atoms with E-state index in [1.165, 1.54) is 6.92 Å².